The SMILES string of the molecule is COc1ccc(OC)c(C(=O)CCN)c1C. The van der Waals surface area contributed by atoms with Gasteiger partial charge in [-0.3, -0.25) is 4.79 Å². The predicted octanol–water partition coefficient (Wildman–Crippen LogP) is 1.54. The predicted molar refractivity (Wildman–Crippen MR) is 62.3 cm³/mol. The number of rotatable bonds is 5. The van der Waals surface area contributed by atoms with Crippen LogP contribution in [0.4, 0.5) is 0 Å². The molecule has 0 heterocycles. The number of ether oxygens (including phenoxy) is 2. The minimum Gasteiger partial charge on any atom is -0.496 e. The summed E-state index contributed by atoms with van der Waals surface area (Å²) >= 11 is 0. The fourth-order valence-corrected chi connectivity index (χ4v) is 1.66. The lowest BCUT2D eigenvalue weighted by atomic mass is 10.0. The summed E-state index contributed by atoms with van der Waals surface area (Å²) in [5.41, 5.74) is 6.74. The maximum atomic E-state index is 11.9. The van der Waals surface area contributed by atoms with Gasteiger partial charge in [0.15, 0.2) is 5.78 Å². The van der Waals surface area contributed by atoms with Gasteiger partial charge in [-0.1, -0.05) is 0 Å². The molecule has 0 radical (unpaired) electrons. The number of carbonyl (C=O) groups excluding carboxylic acids is 1. The van der Waals surface area contributed by atoms with E-state index in [1.54, 1.807) is 26.4 Å². The molecule has 4 heteroatoms. The average Bonchev–Trinajstić information content (AvgIpc) is 2.28. The van der Waals surface area contributed by atoms with Crippen molar-refractivity contribution in [3.05, 3.63) is 23.3 Å². The van der Waals surface area contributed by atoms with E-state index in [1.165, 1.54) is 0 Å². The minimum absolute atomic E-state index is 0.0178. The van der Waals surface area contributed by atoms with E-state index in [0.29, 0.717) is 30.0 Å². The van der Waals surface area contributed by atoms with E-state index in [-0.39, 0.29) is 5.78 Å². The molecule has 0 aromatic heterocycles. The highest BCUT2D eigenvalue weighted by atomic mass is 16.5. The Morgan fingerprint density at radius 2 is 1.81 bits per heavy atom. The molecule has 0 fully saturated rings. The van der Waals surface area contributed by atoms with Gasteiger partial charge < -0.3 is 15.2 Å². The van der Waals surface area contributed by atoms with Gasteiger partial charge >= 0.3 is 0 Å². The van der Waals surface area contributed by atoms with Crippen LogP contribution in [0.2, 0.25) is 0 Å². The molecule has 0 aliphatic carbocycles. The lowest BCUT2D eigenvalue weighted by Gasteiger charge is -2.13. The van der Waals surface area contributed by atoms with Crippen molar-refractivity contribution < 1.29 is 14.3 Å². The van der Waals surface area contributed by atoms with Crippen molar-refractivity contribution in [2.24, 2.45) is 5.73 Å². The van der Waals surface area contributed by atoms with Gasteiger partial charge in [-0.15, -0.1) is 0 Å². The van der Waals surface area contributed by atoms with Gasteiger partial charge in [0.05, 0.1) is 19.8 Å². The molecule has 0 aliphatic rings. The van der Waals surface area contributed by atoms with E-state index in [4.69, 9.17) is 15.2 Å². The second kappa shape index (κ2) is 5.51. The van der Waals surface area contributed by atoms with E-state index in [0.717, 1.165) is 5.56 Å². The summed E-state index contributed by atoms with van der Waals surface area (Å²) < 4.78 is 10.4. The van der Waals surface area contributed by atoms with Crippen molar-refractivity contribution in [1.29, 1.82) is 0 Å². The van der Waals surface area contributed by atoms with E-state index in [2.05, 4.69) is 0 Å². The van der Waals surface area contributed by atoms with Crippen LogP contribution in [-0.4, -0.2) is 26.5 Å². The molecule has 0 saturated carbocycles. The Morgan fingerprint density at radius 1 is 1.25 bits per heavy atom. The zero-order valence-corrected chi connectivity index (χ0v) is 9.87. The molecule has 1 rings (SSSR count). The van der Waals surface area contributed by atoms with Gasteiger partial charge in [-0.25, -0.2) is 0 Å². The molecule has 0 unspecified atom stereocenters. The molecular formula is C12H17NO3. The number of benzene rings is 1. The third-order valence-corrected chi connectivity index (χ3v) is 2.47. The van der Waals surface area contributed by atoms with Crippen LogP contribution in [0.1, 0.15) is 22.3 Å². The van der Waals surface area contributed by atoms with Gasteiger partial charge in [0, 0.05) is 12.0 Å². The van der Waals surface area contributed by atoms with E-state index in [1.807, 2.05) is 6.92 Å². The molecular weight excluding hydrogens is 206 g/mol. The molecule has 0 amide bonds. The highest BCUT2D eigenvalue weighted by Crippen LogP contribution is 2.30. The first-order chi connectivity index (χ1) is 7.65. The fraction of sp³-hybridized carbons (Fsp3) is 0.417. The Balaban J connectivity index is 3.26. The van der Waals surface area contributed by atoms with Gasteiger partial charge in [-0.2, -0.15) is 0 Å². The summed E-state index contributed by atoms with van der Waals surface area (Å²) in [5, 5.41) is 0. The van der Waals surface area contributed by atoms with Crippen molar-refractivity contribution in [3.8, 4) is 11.5 Å². The number of ketones is 1. The third kappa shape index (κ3) is 2.33. The second-order valence-corrected chi connectivity index (χ2v) is 3.43. The van der Waals surface area contributed by atoms with E-state index < -0.39 is 0 Å². The molecule has 88 valence electrons. The van der Waals surface area contributed by atoms with Crippen LogP contribution in [0.25, 0.3) is 0 Å². The molecule has 4 nitrogen and oxygen atoms in total. The van der Waals surface area contributed by atoms with Crippen molar-refractivity contribution in [2.75, 3.05) is 20.8 Å². The van der Waals surface area contributed by atoms with Crippen LogP contribution in [0.3, 0.4) is 0 Å². The highest BCUT2D eigenvalue weighted by molar-refractivity contribution is 6.00. The minimum atomic E-state index is -0.0178. The van der Waals surface area contributed by atoms with E-state index >= 15 is 0 Å². The number of methoxy groups -OCH3 is 2. The smallest absolute Gasteiger partial charge is 0.168 e. The van der Waals surface area contributed by atoms with Crippen LogP contribution >= 0.6 is 0 Å². The summed E-state index contributed by atoms with van der Waals surface area (Å²) in [7, 11) is 3.12. The van der Waals surface area contributed by atoms with Crippen LogP contribution in [0, 0.1) is 6.92 Å². The third-order valence-electron chi connectivity index (χ3n) is 2.47. The summed E-state index contributed by atoms with van der Waals surface area (Å²) in [6.45, 7) is 2.17. The summed E-state index contributed by atoms with van der Waals surface area (Å²) in [4.78, 5) is 11.9. The molecule has 1 aromatic rings. The number of Topliss-reactive ketones (excluding diaryl/α,β-unsaturated/α-hetero) is 1. The Labute approximate surface area is 95.3 Å². The van der Waals surface area contributed by atoms with Gasteiger partial charge in [0.25, 0.3) is 0 Å². The number of carbonyl (C=O) groups is 1. The molecule has 0 bridgehead atoms. The lowest BCUT2D eigenvalue weighted by molar-refractivity contribution is 0.0981. The topological polar surface area (TPSA) is 61.5 Å². The maximum absolute atomic E-state index is 11.9. The first-order valence-electron chi connectivity index (χ1n) is 5.10. The lowest BCUT2D eigenvalue weighted by Crippen LogP contribution is -2.11. The quantitative estimate of drug-likeness (QED) is 0.769. The maximum Gasteiger partial charge on any atom is 0.168 e. The van der Waals surface area contributed by atoms with Gasteiger partial charge in [0.2, 0.25) is 0 Å². The molecule has 0 saturated heterocycles. The number of nitrogens with two attached hydrogens (primary N) is 1. The van der Waals surface area contributed by atoms with Gasteiger partial charge in [0.1, 0.15) is 11.5 Å². The van der Waals surface area contributed by atoms with E-state index in [9.17, 15) is 4.79 Å². The Morgan fingerprint density at radius 3 is 2.31 bits per heavy atom. The largest absolute Gasteiger partial charge is 0.496 e. The molecule has 1 aromatic carbocycles. The molecule has 0 spiro atoms. The monoisotopic (exact) mass is 223 g/mol. The van der Waals surface area contributed by atoms with Crippen molar-refractivity contribution in [2.45, 2.75) is 13.3 Å². The zero-order chi connectivity index (χ0) is 12.1. The Bertz CT molecular complexity index is 388. The molecule has 2 N–H and O–H groups in total. The molecule has 0 atom stereocenters. The average molecular weight is 223 g/mol. The first-order valence-corrected chi connectivity index (χ1v) is 5.10. The first kappa shape index (κ1) is 12.5. The Kier molecular flexibility index (Phi) is 4.31. The molecule has 0 aliphatic heterocycles. The van der Waals surface area contributed by atoms with Crippen molar-refractivity contribution in [3.63, 3.8) is 0 Å². The van der Waals surface area contributed by atoms with Crippen LogP contribution in [0.5, 0.6) is 11.5 Å². The fourth-order valence-electron chi connectivity index (χ4n) is 1.66. The summed E-state index contributed by atoms with van der Waals surface area (Å²) in [6.07, 6.45) is 0.310. The number of hydrogen-bond donors (Lipinski definition) is 1. The van der Waals surface area contributed by atoms with Crippen LogP contribution in [0.15, 0.2) is 12.1 Å². The second-order valence-electron chi connectivity index (χ2n) is 3.43. The molecule has 16 heavy (non-hydrogen) atoms. The normalized spacial score (nSPS) is 10.0. The van der Waals surface area contributed by atoms with Crippen LogP contribution < -0.4 is 15.2 Å². The van der Waals surface area contributed by atoms with Crippen LogP contribution in [-0.2, 0) is 0 Å². The Hall–Kier alpha value is -1.55. The standard InChI is InChI=1S/C12H17NO3/c1-8-10(15-2)4-5-11(16-3)12(8)9(14)6-7-13/h4-5H,6-7,13H2,1-3H3. The van der Waals surface area contributed by atoms with Crippen molar-refractivity contribution >= 4 is 5.78 Å². The van der Waals surface area contributed by atoms with Crippen molar-refractivity contribution in [1.82, 2.24) is 0 Å². The summed E-state index contributed by atoms with van der Waals surface area (Å²) in [5.74, 6) is 1.23. The highest BCUT2D eigenvalue weighted by Gasteiger charge is 2.17. The zero-order valence-electron chi connectivity index (χ0n) is 9.87. The summed E-state index contributed by atoms with van der Waals surface area (Å²) in [6, 6.07) is 3.52. The van der Waals surface area contributed by atoms with Gasteiger partial charge in [-0.05, 0) is 25.6 Å². The number of hydrogen-bond acceptors (Lipinski definition) is 4.